The van der Waals surface area contributed by atoms with Crippen molar-refractivity contribution in [2.45, 2.75) is 4.90 Å². The van der Waals surface area contributed by atoms with Gasteiger partial charge in [-0.2, -0.15) is 4.39 Å². The van der Waals surface area contributed by atoms with Crippen molar-refractivity contribution in [2.24, 2.45) is 0 Å². The van der Waals surface area contributed by atoms with Crippen LogP contribution in [0.3, 0.4) is 0 Å². The molecule has 0 fully saturated rings. The van der Waals surface area contributed by atoms with Crippen LogP contribution in [0.1, 0.15) is 0 Å². The molecule has 0 aromatic heterocycles. The molecule has 0 amide bonds. The molecule has 0 saturated heterocycles. The molecule has 0 saturated carbocycles. The molecule has 0 radical (unpaired) electrons. The van der Waals surface area contributed by atoms with Gasteiger partial charge in [-0.3, -0.25) is 0 Å². The van der Waals surface area contributed by atoms with E-state index in [0.717, 1.165) is 11.8 Å². The van der Waals surface area contributed by atoms with E-state index in [4.69, 9.17) is 5.11 Å². The van der Waals surface area contributed by atoms with Gasteiger partial charge in [0, 0.05) is 6.07 Å². The lowest BCUT2D eigenvalue weighted by atomic mass is 10.3. The van der Waals surface area contributed by atoms with Crippen molar-refractivity contribution in [2.75, 3.05) is 6.26 Å². The second kappa shape index (κ2) is 3.26. The van der Waals surface area contributed by atoms with Crippen molar-refractivity contribution in [3.63, 3.8) is 0 Å². The topological polar surface area (TPSA) is 20.2 Å². The summed E-state index contributed by atoms with van der Waals surface area (Å²) in [7, 11) is 0. The first-order valence-electron chi connectivity index (χ1n) is 2.98. The summed E-state index contributed by atoms with van der Waals surface area (Å²) in [5, 5.41) is 8.64. The van der Waals surface area contributed by atoms with Crippen molar-refractivity contribution in [1.29, 1.82) is 0 Å². The number of hydrogen-bond donors (Lipinski definition) is 1. The minimum absolute atomic E-state index is 0.426. The molecule has 0 aliphatic rings. The van der Waals surface area contributed by atoms with Gasteiger partial charge < -0.3 is 5.11 Å². The lowest BCUT2D eigenvalue weighted by Gasteiger charge is -2.03. The molecule has 0 heterocycles. The van der Waals surface area contributed by atoms with Crippen LogP contribution in [-0.4, -0.2) is 11.4 Å². The third-order valence-corrected chi connectivity index (χ3v) is 2.08. The fraction of sp³-hybridized carbons (Fsp3) is 0.143. The number of phenolic OH excluding ortho intramolecular Hbond substituents is 1. The molecule has 0 unspecified atom stereocenters. The zero-order chi connectivity index (χ0) is 9.30. The van der Waals surface area contributed by atoms with Gasteiger partial charge in [-0.15, -0.1) is 11.8 Å². The SMILES string of the molecule is CSc1c(F)cc(O)c(F)c1F. The number of thioether (sulfide) groups is 1. The van der Waals surface area contributed by atoms with E-state index >= 15 is 0 Å². The summed E-state index contributed by atoms with van der Waals surface area (Å²) in [6.45, 7) is 0. The largest absolute Gasteiger partial charge is 0.505 e. The molecule has 12 heavy (non-hydrogen) atoms. The molecule has 5 heteroatoms. The van der Waals surface area contributed by atoms with Gasteiger partial charge in [-0.25, -0.2) is 8.78 Å². The molecule has 1 rings (SSSR count). The second-order valence-electron chi connectivity index (χ2n) is 2.04. The Hall–Kier alpha value is -0.840. The van der Waals surface area contributed by atoms with E-state index in [1.165, 1.54) is 6.26 Å². The number of rotatable bonds is 1. The molecule has 0 aliphatic heterocycles. The molecule has 1 N–H and O–H groups in total. The summed E-state index contributed by atoms with van der Waals surface area (Å²) in [6.07, 6.45) is 1.41. The standard InChI is InChI=1S/C7H5F3OS/c1-12-7-3(8)2-4(11)5(9)6(7)10/h2,11H,1H3. The molecule has 0 aliphatic carbocycles. The number of aromatic hydroxyl groups is 1. The lowest BCUT2D eigenvalue weighted by molar-refractivity contribution is 0.388. The Balaban J connectivity index is 3.40. The summed E-state index contributed by atoms with van der Waals surface area (Å²) in [4.78, 5) is -0.426. The smallest absolute Gasteiger partial charge is 0.201 e. The van der Waals surface area contributed by atoms with Gasteiger partial charge in [0.25, 0.3) is 0 Å². The van der Waals surface area contributed by atoms with E-state index < -0.39 is 28.1 Å². The van der Waals surface area contributed by atoms with Crippen LogP contribution in [0.25, 0.3) is 0 Å². The molecular weight excluding hydrogens is 189 g/mol. The highest BCUT2D eigenvalue weighted by Gasteiger charge is 2.17. The Morgan fingerprint density at radius 2 is 1.83 bits per heavy atom. The number of halogens is 3. The maximum Gasteiger partial charge on any atom is 0.201 e. The van der Waals surface area contributed by atoms with Crippen LogP contribution >= 0.6 is 11.8 Å². The third kappa shape index (κ3) is 1.36. The van der Waals surface area contributed by atoms with Crippen LogP contribution < -0.4 is 0 Å². The summed E-state index contributed by atoms with van der Waals surface area (Å²) in [5.74, 6) is -4.73. The van der Waals surface area contributed by atoms with E-state index in [1.54, 1.807) is 0 Å². The van der Waals surface area contributed by atoms with Crippen LogP contribution in [0.15, 0.2) is 11.0 Å². The first-order chi connectivity index (χ1) is 5.57. The van der Waals surface area contributed by atoms with Crippen molar-refractivity contribution in [3.8, 4) is 5.75 Å². The van der Waals surface area contributed by atoms with E-state index in [1.807, 2.05) is 0 Å². The molecule has 0 spiro atoms. The quantitative estimate of drug-likeness (QED) is 0.547. The van der Waals surface area contributed by atoms with Crippen LogP contribution in [0.2, 0.25) is 0 Å². The molecule has 1 nitrogen and oxygen atoms in total. The van der Waals surface area contributed by atoms with E-state index in [-0.39, 0.29) is 0 Å². The van der Waals surface area contributed by atoms with Crippen molar-refractivity contribution < 1.29 is 18.3 Å². The van der Waals surface area contributed by atoms with Crippen molar-refractivity contribution >= 4 is 11.8 Å². The molecule has 66 valence electrons. The minimum Gasteiger partial charge on any atom is -0.505 e. The number of hydrogen-bond acceptors (Lipinski definition) is 2. The zero-order valence-electron chi connectivity index (χ0n) is 6.07. The van der Waals surface area contributed by atoms with Gasteiger partial charge >= 0.3 is 0 Å². The predicted octanol–water partition coefficient (Wildman–Crippen LogP) is 2.53. The van der Waals surface area contributed by atoms with Gasteiger partial charge in [0.2, 0.25) is 5.82 Å². The van der Waals surface area contributed by atoms with Gasteiger partial charge in [0.15, 0.2) is 11.6 Å². The van der Waals surface area contributed by atoms with Gasteiger partial charge in [0.1, 0.15) is 5.82 Å². The normalized spacial score (nSPS) is 10.3. The van der Waals surface area contributed by atoms with Gasteiger partial charge in [-0.1, -0.05) is 0 Å². The van der Waals surface area contributed by atoms with Crippen LogP contribution in [0, 0.1) is 17.5 Å². The van der Waals surface area contributed by atoms with Gasteiger partial charge in [-0.05, 0) is 6.26 Å². The molecule has 0 bridgehead atoms. The number of benzene rings is 1. The van der Waals surface area contributed by atoms with Gasteiger partial charge in [0.05, 0.1) is 4.90 Å². The maximum absolute atomic E-state index is 12.7. The summed E-state index contributed by atoms with van der Waals surface area (Å²) >= 11 is 0.744. The average molecular weight is 194 g/mol. The third-order valence-electron chi connectivity index (χ3n) is 1.30. The Kier molecular flexibility index (Phi) is 2.52. The van der Waals surface area contributed by atoms with Crippen LogP contribution in [-0.2, 0) is 0 Å². The summed E-state index contributed by atoms with van der Waals surface area (Å²) in [6, 6.07) is 0.546. The van der Waals surface area contributed by atoms with E-state index in [0.29, 0.717) is 6.07 Å². The minimum atomic E-state index is -1.42. The molecular formula is C7H5F3OS. The number of phenols is 1. The van der Waals surface area contributed by atoms with Crippen molar-refractivity contribution in [1.82, 2.24) is 0 Å². The lowest BCUT2D eigenvalue weighted by Crippen LogP contribution is -1.92. The Bertz CT molecular complexity index is 314. The van der Waals surface area contributed by atoms with Crippen LogP contribution in [0.5, 0.6) is 5.75 Å². The molecule has 1 aromatic rings. The second-order valence-corrected chi connectivity index (χ2v) is 2.86. The summed E-state index contributed by atoms with van der Waals surface area (Å²) < 4.78 is 38.0. The maximum atomic E-state index is 12.7. The predicted molar refractivity (Wildman–Crippen MR) is 39.8 cm³/mol. The Morgan fingerprint density at radius 1 is 1.25 bits per heavy atom. The summed E-state index contributed by atoms with van der Waals surface area (Å²) in [5.41, 5.74) is 0. The Labute approximate surface area is 71.2 Å². The Morgan fingerprint density at radius 3 is 2.33 bits per heavy atom. The highest BCUT2D eigenvalue weighted by Crippen LogP contribution is 2.29. The molecule has 0 atom stereocenters. The fourth-order valence-corrected chi connectivity index (χ4v) is 1.28. The van der Waals surface area contributed by atoms with E-state index in [2.05, 4.69) is 0 Å². The monoisotopic (exact) mass is 194 g/mol. The fourth-order valence-electron chi connectivity index (χ4n) is 0.753. The molecule has 1 aromatic carbocycles. The highest BCUT2D eigenvalue weighted by atomic mass is 32.2. The zero-order valence-corrected chi connectivity index (χ0v) is 6.88. The average Bonchev–Trinajstić information content (AvgIpc) is 2.01. The van der Waals surface area contributed by atoms with Crippen molar-refractivity contribution in [3.05, 3.63) is 23.5 Å². The first-order valence-corrected chi connectivity index (χ1v) is 4.21. The first kappa shape index (κ1) is 9.25. The van der Waals surface area contributed by atoms with E-state index in [9.17, 15) is 13.2 Å². The van der Waals surface area contributed by atoms with Crippen LogP contribution in [0.4, 0.5) is 13.2 Å². The highest BCUT2D eigenvalue weighted by molar-refractivity contribution is 7.98.